The normalized spacial score (nSPS) is 14.2. The van der Waals surface area contributed by atoms with E-state index in [0.717, 1.165) is 11.1 Å². The van der Waals surface area contributed by atoms with Crippen molar-refractivity contribution in [2.45, 2.75) is 6.92 Å². The monoisotopic (exact) mass is 284 g/mol. The standard InChI is InChI=1S/C16H13FN2O2/c1-10-4-2-3-5-12(10)13-7-6-11(8-14(13)17)15-9-21-16(20)19-18-15/h2-8H,9H2,1H3,(H,19,20). The maximum Gasteiger partial charge on any atom is 0.428 e. The van der Waals surface area contributed by atoms with Crippen LogP contribution in [0.3, 0.4) is 0 Å². The Morgan fingerprint density at radius 3 is 2.67 bits per heavy atom. The van der Waals surface area contributed by atoms with Crippen molar-refractivity contribution in [2.75, 3.05) is 6.61 Å². The largest absolute Gasteiger partial charge is 0.442 e. The molecule has 0 bridgehead atoms. The van der Waals surface area contributed by atoms with Gasteiger partial charge in [0.25, 0.3) is 0 Å². The van der Waals surface area contributed by atoms with Crippen LogP contribution in [0.15, 0.2) is 47.6 Å². The van der Waals surface area contributed by atoms with E-state index in [4.69, 9.17) is 4.74 Å². The number of hydrogen-bond acceptors (Lipinski definition) is 3. The van der Waals surface area contributed by atoms with Crippen LogP contribution in [0, 0.1) is 12.7 Å². The number of hydrazone groups is 1. The van der Waals surface area contributed by atoms with Crippen molar-refractivity contribution in [3.8, 4) is 11.1 Å². The van der Waals surface area contributed by atoms with E-state index < -0.39 is 6.09 Å². The number of carbonyl (C=O) groups is 1. The summed E-state index contributed by atoms with van der Waals surface area (Å²) in [5.74, 6) is -0.332. The minimum Gasteiger partial charge on any atom is -0.442 e. The molecule has 2 aromatic carbocycles. The van der Waals surface area contributed by atoms with Gasteiger partial charge < -0.3 is 4.74 Å². The summed E-state index contributed by atoms with van der Waals surface area (Å²) in [5.41, 5.74) is 5.70. The van der Waals surface area contributed by atoms with Gasteiger partial charge in [-0.3, -0.25) is 0 Å². The number of aryl methyl sites for hydroxylation is 1. The first kappa shape index (κ1) is 13.3. The Kier molecular flexibility index (Phi) is 3.39. The lowest BCUT2D eigenvalue weighted by atomic mass is 9.98. The van der Waals surface area contributed by atoms with E-state index in [1.54, 1.807) is 12.1 Å². The molecular weight excluding hydrogens is 271 g/mol. The number of halogens is 1. The molecule has 1 aliphatic heterocycles. The topological polar surface area (TPSA) is 50.7 Å². The SMILES string of the molecule is Cc1ccccc1-c1ccc(C2=NNC(=O)OC2)cc1F. The van der Waals surface area contributed by atoms with Crippen LogP contribution in [0.4, 0.5) is 9.18 Å². The van der Waals surface area contributed by atoms with Gasteiger partial charge in [-0.15, -0.1) is 0 Å². The van der Waals surface area contributed by atoms with Gasteiger partial charge in [0.15, 0.2) is 0 Å². The molecule has 1 aliphatic rings. The molecule has 0 fully saturated rings. The van der Waals surface area contributed by atoms with Crippen LogP contribution in [0.2, 0.25) is 0 Å². The quantitative estimate of drug-likeness (QED) is 0.920. The highest BCUT2D eigenvalue weighted by Gasteiger charge is 2.16. The molecule has 0 aliphatic carbocycles. The summed E-state index contributed by atoms with van der Waals surface area (Å²) in [7, 11) is 0. The highest BCUT2D eigenvalue weighted by molar-refractivity contribution is 6.04. The van der Waals surface area contributed by atoms with Crippen LogP contribution in [0.5, 0.6) is 0 Å². The Morgan fingerprint density at radius 2 is 2.00 bits per heavy atom. The Balaban J connectivity index is 1.97. The second kappa shape index (κ2) is 5.36. The predicted octanol–water partition coefficient (Wildman–Crippen LogP) is 3.25. The van der Waals surface area contributed by atoms with E-state index in [9.17, 15) is 9.18 Å². The van der Waals surface area contributed by atoms with Gasteiger partial charge in [-0.05, 0) is 24.1 Å². The Morgan fingerprint density at radius 1 is 1.19 bits per heavy atom. The van der Waals surface area contributed by atoms with Gasteiger partial charge in [-0.25, -0.2) is 14.6 Å². The van der Waals surface area contributed by atoms with Gasteiger partial charge in [-0.2, -0.15) is 5.10 Å². The van der Waals surface area contributed by atoms with Crippen molar-refractivity contribution in [1.82, 2.24) is 5.43 Å². The molecule has 0 unspecified atom stereocenters. The van der Waals surface area contributed by atoms with Crippen LogP contribution >= 0.6 is 0 Å². The van der Waals surface area contributed by atoms with Crippen molar-refractivity contribution in [3.63, 3.8) is 0 Å². The fraction of sp³-hybridized carbons (Fsp3) is 0.125. The smallest absolute Gasteiger partial charge is 0.428 e. The van der Waals surface area contributed by atoms with Crippen molar-refractivity contribution in [2.24, 2.45) is 5.10 Å². The zero-order valence-corrected chi connectivity index (χ0v) is 11.4. The molecule has 21 heavy (non-hydrogen) atoms. The molecule has 1 heterocycles. The lowest BCUT2D eigenvalue weighted by Gasteiger charge is -2.14. The summed E-state index contributed by atoms with van der Waals surface area (Å²) < 4.78 is 19.2. The van der Waals surface area contributed by atoms with Crippen molar-refractivity contribution in [3.05, 3.63) is 59.4 Å². The average Bonchev–Trinajstić information content (AvgIpc) is 2.49. The number of benzene rings is 2. The second-order valence-electron chi connectivity index (χ2n) is 4.76. The number of cyclic esters (lactones) is 1. The second-order valence-corrected chi connectivity index (χ2v) is 4.76. The van der Waals surface area contributed by atoms with E-state index >= 15 is 0 Å². The number of nitrogens with zero attached hydrogens (tertiary/aromatic N) is 1. The maximum atomic E-state index is 14.4. The van der Waals surface area contributed by atoms with Crippen molar-refractivity contribution < 1.29 is 13.9 Å². The van der Waals surface area contributed by atoms with Gasteiger partial charge in [0, 0.05) is 11.1 Å². The number of amides is 1. The van der Waals surface area contributed by atoms with E-state index in [0.29, 0.717) is 16.8 Å². The number of hydrogen-bond donors (Lipinski definition) is 1. The highest BCUT2D eigenvalue weighted by Crippen LogP contribution is 2.26. The van der Waals surface area contributed by atoms with Gasteiger partial charge in [0.1, 0.15) is 18.1 Å². The third-order valence-corrected chi connectivity index (χ3v) is 3.36. The lowest BCUT2D eigenvalue weighted by Crippen LogP contribution is -2.30. The number of rotatable bonds is 2. The van der Waals surface area contributed by atoms with Crippen molar-refractivity contribution >= 4 is 11.8 Å². The Hall–Kier alpha value is -2.69. The third-order valence-electron chi connectivity index (χ3n) is 3.36. The molecule has 0 radical (unpaired) electrons. The van der Waals surface area contributed by atoms with Crippen LogP contribution in [0.1, 0.15) is 11.1 Å². The number of ether oxygens (including phenoxy) is 1. The molecule has 1 amide bonds. The first-order valence-corrected chi connectivity index (χ1v) is 6.50. The molecule has 0 atom stereocenters. The average molecular weight is 284 g/mol. The first-order chi connectivity index (χ1) is 10.1. The molecule has 5 heteroatoms. The first-order valence-electron chi connectivity index (χ1n) is 6.50. The summed E-state index contributed by atoms with van der Waals surface area (Å²) in [6.45, 7) is 1.98. The molecule has 0 saturated carbocycles. The zero-order chi connectivity index (χ0) is 14.8. The van der Waals surface area contributed by atoms with Gasteiger partial charge in [0.05, 0.1) is 0 Å². The molecule has 1 N–H and O–H groups in total. The molecule has 0 saturated heterocycles. The molecule has 2 aromatic rings. The molecule has 0 spiro atoms. The van der Waals surface area contributed by atoms with E-state index in [-0.39, 0.29) is 12.4 Å². The van der Waals surface area contributed by atoms with Gasteiger partial charge in [-0.1, -0.05) is 36.4 Å². The van der Waals surface area contributed by atoms with Gasteiger partial charge in [0.2, 0.25) is 0 Å². The zero-order valence-electron chi connectivity index (χ0n) is 11.4. The third kappa shape index (κ3) is 2.63. The lowest BCUT2D eigenvalue weighted by molar-refractivity contribution is 0.157. The van der Waals surface area contributed by atoms with Crippen molar-refractivity contribution in [1.29, 1.82) is 0 Å². The van der Waals surface area contributed by atoms with Crippen LogP contribution < -0.4 is 5.43 Å². The minimum absolute atomic E-state index is 0.0367. The summed E-state index contributed by atoms with van der Waals surface area (Å²) in [5, 5.41) is 3.87. The summed E-state index contributed by atoms with van der Waals surface area (Å²) in [6.07, 6.45) is -0.601. The maximum absolute atomic E-state index is 14.4. The summed E-state index contributed by atoms with van der Waals surface area (Å²) in [6, 6.07) is 12.5. The predicted molar refractivity (Wildman–Crippen MR) is 77.6 cm³/mol. The Labute approximate surface area is 121 Å². The molecule has 106 valence electrons. The van der Waals surface area contributed by atoms with Crippen LogP contribution in [-0.2, 0) is 4.74 Å². The van der Waals surface area contributed by atoms with E-state index in [1.807, 2.05) is 31.2 Å². The summed E-state index contributed by atoms with van der Waals surface area (Å²) >= 11 is 0. The van der Waals surface area contributed by atoms with E-state index in [2.05, 4.69) is 10.5 Å². The molecular formula is C16H13FN2O2. The molecule has 4 nitrogen and oxygen atoms in total. The van der Waals surface area contributed by atoms with Gasteiger partial charge >= 0.3 is 6.09 Å². The number of carbonyl (C=O) groups excluding carboxylic acids is 1. The van der Waals surface area contributed by atoms with Crippen LogP contribution in [0.25, 0.3) is 11.1 Å². The minimum atomic E-state index is -0.601. The molecule has 3 rings (SSSR count). The fourth-order valence-corrected chi connectivity index (χ4v) is 2.25. The number of nitrogens with one attached hydrogen (secondary N) is 1. The molecule has 0 aromatic heterocycles. The van der Waals surface area contributed by atoms with E-state index in [1.165, 1.54) is 6.07 Å². The van der Waals surface area contributed by atoms with Crippen LogP contribution in [-0.4, -0.2) is 18.4 Å². The summed E-state index contributed by atoms with van der Waals surface area (Å²) in [4.78, 5) is 10.9. The Bertz CT molecular complexity index is 741. The fourth-order valence-electron chi connectivity index (χ4n) is 2.25. The highest BCUT2D eigenvalue weighted by atomic mass is 19.1.